The van der Waals surface area contributed by atoms with Gasteiger partial charge in [0.15, 0.2) is 29.6 Å². The van der Waals surface area contributed by atoms with E-state index in [0.29, 0.717) is 103 Å². The molecule has 3 saturated heterocycles. The molecule has 4 amide bonds. The van der Waals surface area contributed by atoms with Gasteiger partial charge in [-0.2, -0.15) is 0 Å². The first-order chi connectivity index (χ1) is 35.4. The average molecular weight is 1010 g/mol. The maximum Gasteiger partial charge on any atom is 0.326 e. The lowest BCUT2D eigenvalue weighted by Crippen LogP contribution is -2.55. The van der Waals surface area contributed by atoms with E-state index in [9.17, 15) is 34.2 Å². The molecular formula is C54H64N4O15. The fourth-order valence-electron chi connectivity index (χ4n) is 10.4. The molecule has 0 bridgehead atoms. The maximum atomic E-state index is 13.8. The Morgan fingerprint density at radius 1 is 0.781 bits per heavy atom. The first-order valence-corrected chi connectivity index (χ1v) is 24.6. The largest absolute Gasteiger partial charge is 0.493 e. The summed E-state index contributed by atoms with van der Waals surface area (Å²) in [5.41, 5.74) is 4.86. The predicted octanol–water partition coefficient (Wildman–Crippen LogP) is 5.17. The zero-order chi connectivity index (χ0) is 51.8. The SMILES string of the molecule is COc1cc(CC(=O)N2CCC(c3c(CCCc4cccc(OCC(=O)NCCCCOc5cccc6c5C(O)N(C5CCC(=O)NC5=O)C5OC65)c4)ccc(OC)c3OC)C[C@H]2C(=O)O)cc(OC)c1OC. The van der Waals surface area contributed by atoms with Gasteiger partial charge in [-0.05, 0) is 116 Å². The molecule has 0 spiro atoms. The number of aryl methyl sites for hydroxylation is 2. The zero-order valence-corrected chi connectivity index (χ0v) is 41.8. The van der Waals surface area contributed by atoms with E-state index < -0.39 is 36.4 Å². The summed E-state index contributed by atoms with van der Waals surface area (Å²) in [7, 11) is 7.62. The number of carboxylic acids is 1. The number of nitrogens with zero attached hydrogens (tertiary/aromatic N) is 2. The van der Waals surface area contributed by atoms with Gasteiger partial charge < -0.3 is 58.3 Å². The van der Waals surface area contributed by atoms with E-state index in [1.165, 1.54) is 26.2 Å². The van der Waals surface area contributed by atoms with Crippen LogP contribution in [0.2, 0.25) is 0 Å². The van der Waals surface area contributed by atoms with Crippen LogP contribution < -0.4 is 43.8 Å². The topological polar surface area (TPSA) is 233 Å². The van der Waals surface area contributed by atoms with Crippen molar-refractivity contribution in [2.45, 2.75) is 101 Å². The molecule has 6 atom stereocenters. The van der Waals surface area contributed by atoms with Crippen LogP contribution >= 0.6 is 0 Å². The lowest BCUT2D eigenvalue weighted by Gasteiger charge is -2.38. The maximum absolute atomic E-state index is 13.8. The molecule has 4 N–H and O–H groups in total. The second kappa shape index (κ2) is 23.6. The number of ether oxygens (including phenoxy) is 8. The van der Waals surface area contributed by atoms with Crippen LogP contribution in [0.5, 0.6) is 40.2 Å². The van der Waals surface area contributed by atoms with Crippen molar-refractivity contribution in [3.8, 4) is 40.2 Å². The summed E-state index contributed by atoms with van der Waals surface area (Å²) in [5, 5.41) is 27.2. The minimum absolute atomic E-state index is 0.0577. The Morgan fingerprint density at radius 3 is 2.25 bits per heavy atom. The molecule has 0 aliphatic carbocycles. The normalized spacial score (nSPS) is 21.2. The molecule has 73 heavy (non-hydrogen) atoms. The van der Waals surface area contributed by atoms with E-state index in [0.717, 1.165) is 28.7 Å². The van der Waals surface area contributed by atoms with Crippen molar-refractivity contribution in [1.82, 2.24) is 20.4 Å². The third-order valence-electron chi connectivity index (χ3n) is 14.0. The zero-order valence-electron chi connectivity index (χ0n) is 41.8. The molecule has 0 radical (unpaired) electrons. The molecule has 19 heteroatoms. The molecule has 19 nitrogen and oxygen atoms in total. The van der Waals surface area contributed by atoms with E-state index >= 15 is 0 Å². The number of aliphatic hydroxyl groups is 1. The highest BCUT2D eigenvalue weighted by molar-refractivity contribution is 6.00. The third kappa shape index (κ3) is 11.7. The van der Waals surface area contributed by atoms with Gasteiger partial charge in [0, 0.05) is 30.6 Å². The van der Waals surface area contributed by atoms with Crippen molar-refractivity contribution in [3.63, 3.8) is 0 Å². The molecule has 0 saturated carbocycles. The number of aliphatic carboxylic acids is 1. The van der Waals surface area contributed by atoms with E-state index in [2.05, 4.69) is 10.6 Å². The van der Waals surface area contributed by atoms with Crippen LogP contribution in [0.3, 0.4) is 0 Å². The number of hydrogen-bond acceptors (Lipinski definition) is 15. The van der Waals surface area contributed by atoms with Crippen molar-refractivity contribution in [2.75, 3.05) is 61.9 Å². The number of benzene rings is 4. The highest BCUT2D eigenvalue weighted by atomic mass is 16.6. The minimum Gasteiger partial charge on any atom is -0.493 e. The number of nitrogens with one attached hydrogen (secondary N) is 2. The molecule has 5 unspecified atom stereocenters. The number of piperidine rings is 2. The number of unbranched alkanes of at least 4 members (excludes halogenated alkanes) is 1. The summed E-state index contributed by atoms with van der Waals surface area (Å²) >= 11 is 0. The summed E-state index contributed by atoms with van der Waals surface area (Å²) in [6.07, 6.45) is 2.56. The summed E-state index contributed by atoms with van der Waals surface area (Å²) in [6, 6.07) is 18.6. The van der Waals surface area contributed by atoms with Crippen LogP contribution in [-0.4, -0.2) is 130 Å². The van der Waals surface area contributed by atoms with Crippen LogP contribution in [0.15, 0.2) is 66.7 Å². The van der Waals surface area contributed by atoms with Crippen molar-refractivity contribution in [2.24, 2.45) is 0 Å². The number of hydrogen-bond donors (Lipinski definition) is 4. The van der Waals surface area contributed by atoms with Crippen molar-refractivity contribution in [3.05, 3.63) is 100 Å². The number of aliphatic hydroxyl groups excluding tert-OH is 1. The number of fused-ring (bicyclic) bond motifs is 3. The minimum atomic E-state index is -1.15. The standard InChI is InChI=1S/C54H64N4O15/c1-66-40-19-17-33(46(50(40)70-5)34-21-23-57(38(29-34)54(64)65)45(61)28-32-26-41(67-2)49(69-4)42(27-32)68-3)13-8-11-31-12-9-14-35(25-31)72-30-44(60)55-22-6-7-24-71-39-16-10-15-36-47(39)52(63)58(53-48(36)73-53)37-18-20-43(59)56-51(37)62/h9-10,12,14-17,19,25-27,34,37-38,48,52-53,63H,6-8,11,13,18,20-24,28-30H2,1-5H3,(H,55,60)(H,64,65)(H,56,59,62)/t34?,37?,38-,48?,52?,53?/m0/s1. The average Bonchev–Trinajstić information content (AvgIpc) is 4.20. The van der Waals surface area contributed by atoms with Gasteiger partial charge >= 0.3 is 5.97 Å². The summed E-state index contributed by atoms with van der Waals surface area (Å²) in [6.45, 7) is 0.798. The predicted molar refractivity (Wildman–Crippen MR) is 263 cm³/mol. The van der Waals surface area contributed by atoms with Gasteiger partial charge in [-0.25, -0.2) is 9.69 Å². The number of carboxylic acid groups (broad SMARTS) is 1. The van der Waals surface area contributed by atoms with Gasteiger partial charge in [0.25, 0.3) is 5.91 Å². The quantitative estimate of drug-likeness (QED) is 0.0426. The van der Waals surface area contributed by atoms with Crippen molar-refractivity contribution < 1.29 is 72.1 Å². The highest BCUT2D eigenvalue weighted by Gasteiger charge is 2.57. The van der Waals surface area contributed by atoms with E-state index in [1.807, 2.05) is 42.5 Å². The number of likely N-dealkylation sites (tertiary alicyclic amines) is 1. The van der Waals surface area contributed by atoms with Crippen LogP contribution in [0.4, 0.5) is 0 Å². The first-order valence-electron chi connectivity index (χ1n) is 24.6. The van der Waals surface area contributed by atoms with Gasteiger partial charge in [0.05, 0.1) is 54.6 Å². The first kappa shape index (κ1) is 52.2. The Balaban J connectivity index is 0.804. The summed E-state index contributed by atoms with van der Waals surface area (Å²) < 4.78 is 45.9. The van der Waals surface area contributed by atoms with E-state index in [-0.39, 0.29) is 62.2 Å². The van der Waals surface area contributed by atoms with Crippen LogP contribution in [0.1, 0.15) is 96.6 Å². The number of carbonyl (C=O) groups excluding carboxylic acids is 4. The van der Waals surface area contributed by atoms with Gasteiger partial charge in [0.1, 0.15) is 36.1 Å². The molecule has 8 rings (SSSR count). The lowest BCUT2D eigenvalue weighted by molar-refractivity contribution is -0.152. The Bertz CT molecular complexity index is 2650. The van der Waals surface area contributed by atoms with Crippen LogP contribution in [-0.2, 0) is 48.0 Å². The molecule has 4 aliphatic heterocycles. The number of carbonyl (C=O) groups is 5. The molecule has 0 aromatic heterocycles. The van der Waals surface area contributed by atoms with Gasteiger partial charge in [0.2, 0.25) is 23.5 Å². The van der Waals surface area contributed by atoms with Crippen LogP contribution in [0.25, 0.3) is 0 Å². The smallest absolute Gasteiger partial charge is 0.326 e. The summed E-state index contributed by atoms with van der Waals surface area (Å²) in [5.74, 6) is 0.632. The van der Waals surface area contributed by atoms with Gasteiger partial charge in [-0.1, -0.05) is 30.3 Å². The number of amides is 4. The monoisotopic (exact) mass is 1010 g/mol. The van der Waals surface area contributed by atoms with E-state index in [4.69, 9.17) is 37.9 Å². The Labute approximate surface area is 423 Å². The number of methoxy groups -OCH3 is 5. The Hall–Kier alpha value is -7.09. The van der Waals surface area contributed by atoms with E-state index in [1.54, 1.807) is 43.4 Å². The summed E-state index contributed by atoms with van der Waals surface area (Å²) in [4.78, 5) is 66.9. The highest BCUT2D eigenvalue weighted by Crippen LogP contribution is 2.54. The number of rotatable bonds is 23. The molecule has 3 fully saturated rings. The molecule has 4 aliphatic rings. The number of epoxide rings is 1. The van der Waals surface area contributed by atoms with Crippen molar-refractivity contribution in [1.29, 1.82) is 0 Å². The Kier molecular flexibility index (Phi) is 16.9. The number of imide groups is 1. The van der Waals surface area contributed by atoms with Crippen molar-refractivity contribution >= 4 is 29.6 Å². The lowest BCUT2D eigenvalue weighted by atomic mass is 9.81. The van der Waals surface area contributed by atoms with Gasteiger partial charge in [-0.3, -0.25) is 24.5 Å². The molecule has 4 heterocycles. The van der Waals surface area contributed by atoms with Gasteiger partial charge in [-0.15, -0.1) is 0 Å². The van der Waals surface area contributed by atoms with Crippen LogP contribution in [0, 0.1) is 0 Å². The molecule has 4 aromatic carbocycles. The third-order valence-corrected chi connectivity index (χ3v) is 14.0. The second-order valence-corrected chi connectivity index (χ2v) is 18.4. The second-order valence-electron chi connectivity index (χ2n) is 18.4. The fraction of sp³-hybridized carbons (Fsp3) is 0.463. The molecule has 4 aromatic rings. The fourth-order valence-corrected chi connectivity index (χ4v) is 10.4. The molecular weight excluding hydrogens is 945 g/mol. The molecule has 390 valence electrons. The Morgan fingerprint density at radius 2 is 1.53 bits per heavy atom.